The summed E-state index contributed by atoms with van der Waals surface area (Å²) in [6.45, 7) is -0.0654. The molecule has 0 bridgehead atoms. The van der Waals surface area contributed by atoms with Crippen molar-refractivity contribution in [3.63, 3.8) is 0 Å². The third-order valence-corrected chi connectivity index (χ3v) is 3.80. The van der Waals surface area contributed by atoms with Crippen molar-refractivity contribution in [2.75, 3.05) is 45.8 Å². The molecule has 0 spiro atoms. The third-order valence-electron chi connectivity index (χ3n) is 1.84. The molecule has 0 saturated carbocycles. The zero-order valence-corrected chi connectivity index (χ0v) is 9.74. The van der Waals surface area contributed by atoms with E-state index in [0.717, 1.165) is 4.31 Å². The lowest BCUT2D eigenvalue weighted by Gasteiger charge is -2.19. The van der Waals surface area contributed by atoms with Crippen LogP contribution in [0.2, 0.25) is 0 Å². The Kier molecular flexibility index (Phi) is 7.89. The molecule has 0 heterocycles. The third kappa shape index (κ3) is 6.06. The lowest BCUT2D eigenvalue weighted by molar-refractivity contribution is 0.197. The van der Waals surface area contributed by atoms with E-state index in [2.05, 4.69) is 0 Å². The summed E-state index contributed by atoms with van der Waals surface area (Å²) in [5, 5.41) is 17.4. The van der Waals surface area contributed by atoms with E-state index in [0.29, 0.717) is 13.0 Å². The minimum Gasteiger partial charge on any atom is -0.395 e. The second-order valence-corrected chi connectivity index (χ2v) is 5.10. The Labute approximate surface area is 90.5 Å². The second kappa shape index (κ2) is 8.00. The first-order chi connectivity index (χ1) is 7.08. The van der Waals surface area contributed by atoms with Crippen molar-refractivity contribution in [2.24, 2.45) is 0 Å². The molecule has 0 amide bonds. The molecule has 0 saturated heterocycles. The molecule has 0 aromatic rings. The molecule has 0 radical (unpaired) electrons. The highest BCUT2D eigenvalue weighted by atomic mass is 32.2. The molecule has 0 aromatic heterocycles. The van der Waals surface area contributed by atoms with Crippen LogP contribution in [0.15, 0.2) is 0 Å². The predicted molar refractivity (Wildman–Crippen MR) is 56.0 cm³/mol. The normalized spacial score (nSPS) is 12.3. The van der Waals surface area contributed by atoms with Crippen LogP contribution in [0.4, 0.5) is 0 Å². The summed E-state index contributed by atoms with van der Waals surface area (Å²) < 4.78 is 29.1. The van der Waals surface area contributed by atoms with E-state index >= 15 is 0 Å². The second-order valence-electron chi connectivity index (χ2n) is 3.01. The number of sulfonamides is 1. The molecule has 0 rings (SSSR count). The molecule has 0 aliphatic rings. The highest BCUT2D eigenvalue weighted by molar-refractivity contribution is 7.89. The van der Waals surface area contributed by atoms with E-state index < -0.39 is 10.0 Å². The number of methoxy groups -OCH3 is 1. The van der Waals surface area contributed by atoms with E-state index in [-0.39, 0.29) is 32.1 Å². The molecule has 0 unspecified atom stereocenters. The van der Waals surface area contributed by atoms with Crippen LogP contribution in [0, 0.1) is 0 Å². The number of aliphatic hydroxyl groups excluding tert-OH is 2. The monoisotopic (exact) mass is 241 g/mol. The lowest BCUT2D eigenvalue weighted by atomic mass is 10.5. The number of rotatable bonds is 9. The fourth-order valence-electron chi connectivity index (χ4n) is 1.13. The molecule has 0 atom stereocenters. The Bertz CT molecular complexity index is 235. The summed E-state index contributed by atoms with van der Waals surface area (Å²) in [6, 6.07) is 0. The van der Waals surface area contributed by atoms with Gasteiger partial charge in [-0.25, -0.2) is 8.42 Å². The van der Waals surface area contributed by atoms with Crippen LogP contribution in [0.1, 0.15) is 6.42 Å². The van der Waals surface area contributed by atoms with Crippen molar-refractivity contribution < 1.29 is 23.4 Å². The predicted octanol–water partition coefficient (Wildman–Crippen LogP) is -1.36. The van der Waals surface area contributed by atoms with E-state index in [1.54, 1.807) is 0 Å². The zero-order valence-electron chi connectivity index (χ0n) is 8.92. The van der Waals surface area contributed by atoms with Gasteiger partial charge in [0.25, 0.3) is 0 Å². The first-order valence-electron chi connectivity index (χ1n) is 4.77. The molecule has 0 fully saturated rings. The van der Waals surface area contributed by atoms with Crippen LogP contribution in [-0.2, 0) is 14.8 Å². The summed E-state index contributed by atoms with van der Waals surface area (Å²) in [7, 11) is -1.88. The Balaban J connectivity index is 4.22. The van der Waals surface area contributed by atoms with Crippen LogP contribution < -0.4 is 0 Å². The van der Waals surface area contributed by atoms with Crippen molar-refractivity contribution in [1.82, 2.24) is 4.31 Å². The Hall–Kier alpha value is -0.210. The summed E-state index contributed by atoms with van der Waals surface area (Å²) in [5.74, 6) is -0.0269. The number of nitrogens with zero attached hydrogens (tertiary/aromatic N) is 1. The van der Waals surface area contributed by atoms with E-state index in [9.17, 15) is 8.42 Å². The van der Waals surface area contributed by atoms with Gasteiger partial charge in [-0.1, -0.05) is 0 Å². The van der Waals surface area contributed by atoms with Gasteiger partial charge in [-0.15, -0.1) is 0 Å². The van der Waals surface area contributed by atoms with Gasteiger partial charge in [0.15, 0.2) is 0 Å². The molecule has 0 aliphatic carbocycles. The van der Waals surface area contributed by atoms with Crippen LogP contribution in [-0.4, -0.2) is 68.7 Å². The van der Waals surface area contributed by atoms with Gasteiger partial charge in [0.1, 0.15) is 0 Å². The maximum absolute atomic E-state index is 11.6. The first-order valence-corrected chi connectivity index (χ1v) is 6.38. The summed E-state index contributed by atoms with van der Waals surface area (Å²) in [6.07, 6.45) is 0.409. The van der Waals surface area contributed by atoms with Gasteiger partial charge in [-0.3, -0.25) is 0 Å². The molecule has 0 aromatic carbocycles. The molecular weight excluding hydrogens is 222 g/mol. The molecule has 2 N–H and O–H groups in total. The average molecular weight is 241 g/mol. The van der Waals surface area contributed by atoms with Crippen LogP contribution in [0.3, 0.4) is 0 Å². The lowest BCUT2D eigenvalue weighted by Crippen LogP contribution is -2.37. The fraction of sp³-hybridized carbons (Fsp3) is 1.00. The minimum atomic E-state index is -3.39. The topological polar surface area (TPSA) is 87.1 Å². The standard InChI is InChI=1S/C8H19NO5S/c1-14-7-2-8-15(12,13)9(3-5-10)4-6-11/h10-11H,2-8H2,1H3. The van der Waals surface area contributed by atoms with Crippen molar-refractivity contribution in [2.45, 2.75) is 6.42 Å². The van der Waals surface area contributed by atoms with Crippen LogP contribution >= 0.6 is 0 Å². The largest absolute Gasteiger partial charge is 0.395 e. The van der Waals surface area contributed by atoms with E-state index in [1.165, 1.54) is 7.11 Å². The number of hydrogen-bond donors (Lipinski definition) is 2. The van der Waals surface area contributed by atoms with Crippen molar-refractivity contribution in [3.8, 4) is 0 Å². The quantitative estimate of drug-likeness (QED) is 0.487. The van der Waals surface area contributed by atoms with Gasteiger partial charge < -0.3 is 14.9 Å². The number of ether oxygens (including phenoxy) is 1. The van der Waals surface area contributed by atoms with Gasteiger partial charge in [0.2, 0.25) is 10.0 Å². The molecule has 6 nitrogen and oxygen atoms in total. The first kappa shape index (κ1) is 14.8. The maximum atomic E-state index is 11.6. The zero-order chi connectivity index (χ0) is 11.7. The van der Waals surface area contributed by atoms with E-state index in [4.69, 9.17) is 14.9 Å². The van der Waals surface area contributed by atoms with Gasteiger partial charge in [0.05, 0.1) is 19.0 Å². The molecule has 92 valence electrons. The van der Waals surface area contributed by atoms with Crippen molar-refractivity contribution in [1.29, 1.82) is 0 Å². The van der Waals surface area contributed by atoms with Gasteiger partial charge in [-0.05, 0) is 6.42 Å². The number of aliphatic hydroxyl groups is 2. The summed E-state index contributed by atoms with van der Waals surface area (Å²) >= 11 is 0. The Morgan fingerprint density at radius 1 is 1.20 bits per heavy atom. The Morgan fingerprint density at radius 2 is 1.73 bits per heavy atom. The summed E-state index contributed by atoms with van der Waals surface area (Å²) in [4.78, 5) is 0. The molecule has 15 heavy (non-hydrogen) atoms. The molecule has 7 heteroatoms. The highest BCUT2D eigenvalue weighted by Crippen LogP contribution is 2.02. The molecule has 0 aliphatic heterocycles. The van der Waals surface area contributed by atoms with Crippen molar-refractivity contribution >= 4 is 10.0 Å². The SMILES string of the molecule is COCCCS(=O)(=O)N(CCO)CCO. The van der Waals surface area contributed by atoms with Crippen LogP contribution in [0.5, 0.6) is 0 Å². The van der Waals surface area contributed by atoms with E-state index in [1.807, 2.05) is 0 Å². The number of hydrogen-bond acceptors (Lipinski definition) is 5. The Morgan fingerprint density at radius 3 is 2.13 bits per heavy atom. The van der Waals surface area contributed by atoms with Crippen molar-refractivity contribution in [3.05, 3.63) is 0 Å². The highest BCUT2D eigenvalue weighted by Gasteiger charge is 2.20. The smallest absolute Gasteiger partial charge is 0.214 e. The van der Waals surface area contributed by atoms with Gasteiger partial charge >= 0.3 is 0 Å². The average Bonchev–Trinajstić information content (AvgIpc) is 2.18. The van der Waals surface area contributed by atoms with Gasteiger partial charge in [-0.2, -0.15) is 4.31 Å². The minimum absolute atomic E-state index is 0.0237. The van der Waals surface area contributed by atoms with Crippen LogP contribution in [0.25, 0.3) is 0 Å². The fourth-order valence-corrected chi connectivity index (χ4v) is 2.59. The summed E-state index contributed by atoms with van der Waals surface area (Å²) in [5.41, 5.74) is 0. The molecular formula is C8H19NO5S. The maximum Gasteiger partial charge on any atom is 0.214 e. The van der Waals surface area contributed by atoms with Gasteiger partial charge in [0, 0.05) is 26.8 Å².